The number of ether oxygens (including phenoxy) is 2. The van der Waals surface area contributed by atoms with Crippen LogP contribution in [0, 0.1) is 0 Å². The predicted octanol–water partition coefficient (Wildman–Crippen LogP) is 7.48. The van der Waals surface area contributed by atoms with Gasteiger partial charge in [0.15, 0.2) is 6.10 Å². The van der Waals surface area contributed by atoms with Crippen molar-refractivity contribution in [2.24, 2.45) is 0 Å². The maximum absolute atomic E-state index is 13.1. The van der Waals surface area contributed by atoms with Crippen LogP contribution in [0.1, 0.15) is 180 Å². The van der Waals surface area contributed by atoms with Crippen LogP contribution in [0.15, 0.2) is 0 Å². The van der Waals surface area contributed by atoms with E-state index in [0.29, 0.717) is 12.8 Å². The van der Waals surface area contributed by atoms with Gasteiger partial charge in [-0.05, 0) is 25.0 Å². The highest BCUT2D eigenvalue weighted by Gasteiger charge is 2.56. The summed E-state index contributed by atoms with van der Waals surface area (Å²) in [7, 11) is -16.6. The summed E-state index contributed by atoms with van der Waals surface area (Å²) in [5.41, 5.74) is 0. The quantitative estimate of drug-likeness (QED) is 0.0124. The third kappa shape index (κ3) is 31.2. The molecule has 0 amide bonds. The van der Waals surface area contributed by atoms with Gasteiger partial charge >= 0.3 is 35.4 Å². The topological polar surface area (TPSA) is 303 Å². The number of unbranched alkanes of at least 4 members (excludes halogenated alkanes) is 23. The first-order valence-corrected chi connectivity index (χ1v) is 28.1. The van der Waals surface area contributed by atoms with E-state index >= 15 is 0 Å². The molecular formula is C40H79O19P3S. The smallest absolute Gasteiger partial charge is 0.462 e. The second-order valence-electron chi connectivity index (χ2n) is 16.4. The van der Waals surface area contributed by atoms with Crippen molar-refractivity contribution >= 4 is 48.0 Å². The largest absolute Gasteiger partial charge is 0.472 e. The van der Waals surface area contributed by atoms with Crippen LogP contribution in [0.25, 0.3) is 0 Å². The molecule has 1 fully saturated rings. The Morgan fingerprint density at radius 3 is 1.19 bits per heavy atom. The molecule has 1 aliphatic carbocycles. The first-order chi connectivity index (χ1) is 29.8. The Hall–Kier alpha value is -0.500. The second kappa shape index (κ2) is 34.7. The summed E-state index contributed by atoms with van der Waals surface area (Å²) in [4.78, 5) is 73.1. The number of carbonyl (C=O) groups excluding carboxylic acids is 2. The van der Waals surface area contributed by atoms with Crippen LogP contribution in [0.3, 0.4) is 0 Å². The van der Waals surface area contributed by atoms with Crippen molar-refractivity contribution < 1.29 is 90.6 Å². The summed E-state index contributed by atoms with van der Waals surface area (Å²) in [6.07, 6.45) is 11.0. The molecule has 4 unspecified atom stereocenters. The molecule has 0 aromatic heterocycles. The highest BCUT2D eigenvalue weighted by atomic mass is 32.1. The maximum Gasteiger partial charge on any atom is 0.472 e. The van der Waals surface area contributed by atoms with E-state index in [1.165, 1.54) is 83.5 Å². The zero-order chi connectivity index (χ0) is 47.2. The van der Waals surface area contributed by atoms with E-state index in [4.69, 9.17) is 18.5 Å². The lowest BCUT2D eigenvalue weighted by atomic mass is 9.85. The van der Waals surface area contributed by atoms with E-state index in [9.17, 15) is 63.1 Å². The van der Waals surface area contributed by atoms with Crippen LogP contribution >= 0.6 is 36.1 Å². The molecule has 0 aromatic rings. The molecule has 0 aromatic carbocycles. The van der Waals surface area contributed by atoms with Gasteiger partial charge in [-0.3, -0.25) is 27.7 Å². The Morgan fingerprint density at radius 1 is 0.492 bits per heavy atom. The SMILES string of the molecule is CCCCCCCCCCCCCCCC(=O)O[C@H](COC(=O)CCCCCCCCCCCCCCS)COP(=O)(O)OC1C(O)[C@H](OP(=O)(O)O)C(O)[C@H](OP(=O)(O)O)[C@@H]1O. The third-order valence-electron chi connectivity index (χ3n) is 10.7. The Labute approximate surface area is 379 Å². The Balaban J connectivity index is 2.76. The fourth-order valence-electron chi connectivity index (χ4n) is 7.27. The molecule has 1 saturated carbocycles. The molecule has 0 radical (unpaired) electrons. The molecule has 1 rings (SSSR count). The van der Waals surface area contributed by atoms with Gasteiger partial charge in [-0.25, -0.2) is 13.7 Å². The van der Waals surface area contributed by atoms with Crippen molar-refractivity contribution in [2.45, 2.75) is 223 Å². The number of hydrogen-bond donors (Lipinski definition) is 9. The second-order valence-corrected chi connectivity index (χ2v) is 20.7. The van der Waals surface area contributed by atoms with E-state index in [1.807, 2.05) is 0 Å². The number of esters is 2. The van der Waals surface area contributed by atoms with Crippen LogP contribution < -0.4 is 0 Å². The molecule has 0 heterocycles. The molecule has 0 saturated heterocycles. The predicted molar refractivity (Wildman–Crippen MR) is 238 cm³/mol. The molecular weight excluding hydrogens is 909 g/mol. The number of aliphatic hydroxyl groups excluding tert-OH is 3. The number of hydrogen-bond acceptors (Lipinski definition) is 15. The summed E-state index contributed by atoms with van der Waals surface area (Å²) >= 11 is 4.24. The molecule has 0 aliphatic heterocycles. The molecule has 19 nitrogen and oxygen atoms in total. The average molecular weight is 989 g/mol. The van der Waals surface area contributed by atoms with E-state index in [1.54, 1.807) is 0 Å². The van der Waals surface area contributed by atoms with E-state index in [-0.39, 0.29) is 12.8 Å². The van der Waals surface area contributed by atoms with Crippen LogP contribution in [0.2, 0.25) is 0 Å². The minimum Gasteiger partial charge on any atom is -0.462 e. The van der Waals surface area contributed by atoms with Gasteiger partial charge in [0.25, 0.3) is 0 Å². The number of phosphoric acid groups is 3. The van der Waals surface area contributed by atoms with Crippen molar-refractivity contribution in [1.82, 2.24) is 0 Å². The highest BCUT2D eigenvalue weighted by Crippen LogP contribution is 2.51. The van der Waals surface area contributed by atoms with Gasteiger partial charge in [0.05, 0.1) is 6.61 Å². The lowest BCUT2D eigenvalue weighted by molar-refractivity contribution is -0.213. The monoisotopic (exact) mass is 988 g/mol. The van der Waals surface area contributed by atoms with Gasteiger partial charge in [0, 0.05) is 12.8 Å². The molecule has 0 spiro atoms. The number of aliphatic hydroxyl groups is 3. The Kier molecular flexibility index (Phi) is 33.4. The van der Waals surface area contributed by atoms with Gasteiger partial charge < -0.3 is 49.3 Å². The zero-order valence-corrected chi connectivity index (χ0v) is 40.7. The number of phosphoric ester groups is 3. The molecule has 1 aliphatic rings. The van der Waals surface area contributed by atoms with Crippen molar-refractivity contribution in [3.05, 3.63) is 0 Å². The lowest BCUT2D eigenvalue weighted by Crippen LogP contribution is -2.65. The van der Waals surface area contributed by atoms with Crippen molar-refractivity contribution in [3.63, 3.8) is 0 Å². The van der Waals surface area contributed by atoms with E-state index < -0.39 is 91.3 Å². The van der Waals surface area contributed by atoms with Crippen molar-refractivity contribution in [1.29, 1.82) is 0 Å². The van der Waals surface area contributed by atoms with E-state index in [2.05, 4.69) is 28.6 Å². The summed E-state index contributed by atoms with van der Waals surface area (Å²) in [6, 6.07) is 0. The minimum atomic E-state index is -5.55. The standard InChI is InChI=1S/C40H79O19P3S/c1-2-3-4-5-6-7-8-9-13-16-19-22-25-28-34(42)56-32(30-54-33(41)27-24-21-18-15-12-10-11-14-17-20-23-26-29-63)31-55-62(52,53)59-40-36(44)38(57-60(46,47)48)35(43)39(37(40)45)58-61(49,50)51/h32,35-40,43-45,63H,2-31H2,1H3,(H,52,53)(H2,46,47,48)(H2,49,50,51)/t32-,35?,36+,37?,38+,39-,40?/m1/s1. The zero-order valence-electron chi connectivity index (χ0n) is 37.1. The van der Waals surface area contributed by atoms with Crippen LogP contribution in [-0.4, -0.2) is 113 Å². The van der Waals surface area contributed by atoms with Gasteiger partial charge in [-0.1, -0.05) is 148 Å². The molecule has 0 bridgehead atoms. The maximum atomic E-state index is 13.1. The molecule has 8 N–H and O–H groups in total. The Bertz CT molecular complexity index is 1310. The van der Waals surface area contributed by atoms with Gasteiger partial charge in [-0.2, -0.15) is 12.6 Å². The minimum absolute atomic E-state index is 0.00336. The normalized spacial score (nSPS) is 22.1. The summed E-state index contributed by atoms with van der Waals surface area (Å²) in [6.45, 7) is 0.703. The molecule has 8 atom stereocenters. The molecule has 63 heavy (non-hydrogen) atoms. The van der Waals surface area contributed by atoms with Crippen molar-refractivity contribution in [3.8, 4) is 0 Å². The molecule has 374 valence electrons. The van der Waals surface area contributed by atoms with Crippen LogP contribution in [-0.2, 0) is 50.9 Å². The average Bonchev–Trinajstić information content (AvgIpc) is 3.20. The van der Waals surface area contributed by atoms with Gasteiger partial charge in [0.1, 0.15) is 43.2 Å². The van der Waals surface area contributed by atoms with E-state index in [0.717, 1.165) is 70.0 Å². The van der Waals surface area contributed by atoms with Gasteiger partial charge in [-0.15, -0.1) is 0 Å². The third-order valence-corrected chi connectivity index (χ3v) is 13.1. The number of thiol groups is 1. The lowest BCUT2D eigenvalue weighted by Gasteiger charge is -2.44. The van der Waals surface area contributed by atoms with Crippen LogP contribution in [0.4, 0.5) is 0 Å². The number of carbonyl (C=O) groups is 2. The number of rotatable bonds is 40. The van der Waals surface area contributed by atoms with Crippen LogP contribution in [0.5, 0.6) is 0 Å². The fourth-order valence-corrected chi connectivity index (χ4v) is 9.60. The molecule has 23 heteroatoms. The Morgan fingerprint density at radius 2 is 0.825 bits per heavy atom. The first-order valence-electron chi connectivity index (χ1n) is 22.9. The first kappa shape index (κ1) is 60.5. The summed E-state index contributed by atoms with van der Waals surface area (Å²) in [5, 5.41) is 31.8. The van der Waals surface area contributed by atoms with Gasteiger partial charge in [0.2, 0.25) is 0 Å². The summed E-state index contributed by atoms with van der Waals surface area (Å²) < 4.78 is 65.4. The summed E-state index contributed by atoms with van der Waals surface area (Å²) in [5.74, 6) is -0.373. The fraction of sp³-hybridized carbons (Fsp3) is 0.950. The highest BCUT2D eigenvalue weighted by molar-refractivity contribution is 7.80. The van der Waals surface area contributed by atoms with Crippen molar-refractivity contribution in [2.75, 3.05) is 19.0 Å².